The van der Waals surface area contributed by atoms with E-state index in [1.54, 1.807) is 24.3 Å². The second kappa shape index (κ2) is 20.1. The third-order valence-corrected chi connectivity index (χ3v) is 23.7. The van der Waals surface area contributed by atoms with Gasteiger partial charge in [-0.15, -0.1) is 0 Å². The van der Waals surface area contributed by atoms with E-state index in [1.165, 1.54) is 0 Å². The van der Waals surface area contributed by atoms with Crippen molar-refractivity contribution in [2.24, 2.45) is 23.7 Å². The zero-order valence-corrected chi connectivity index (χ0v) is 44.6. The minimum atomic E-state index is -4.19. The summed E-state index contributed by atoms with van der Waals surface area (Å²) in [5.74, 6) is -0.386. The molecule has 3 unspecified atom stereocenters. The van der Waals surface area contributed by atoms with Gasteiger partial charge in [0.1, 0.15) is 36.3 Å². The molecule has 1 aromatic rings. The fourth-order valence-electron chi connectivity index (χ4n) is 12.5. The number of hydrogen-bond acceptors (Lipinski definition) is 13. The summed E-state index contributed by atoms with van der Waals surface area (Å²) in [6, 6.07) is 6.59. The average molecular weight is 999 g/mol. The molecule has 0 aliphatic carbocycles. The van der Waals surface area contributed by atoms with Gasteiger partial charge in [-0.05, 0) is 123 Å². The molecule has 1 spiro atoms. The zero-order valence-electron chi connectivity index (χ0n) is 42.8. The molecule has 1 aromatic carbocycles. The first-order valence-corrected chi connectivity index (χ1v) is 30.6. The van der Waals surface area contributed by atoms with Gasteiger partial charge in [0.15, 0.2) is 14.1 Å². The highest BCUT2D eigenvalue weighted by Crippen LogP contribution is 2.54. The van der Waals surface area contributed by atoms with E-state index in [9.17, 15) is 18.3 Å². The summed E-state index contributed by atoms with van der Waals surface area (Å²) in [4.78, 5) is 14.5. The fourth-order valence-corrected chi connectivity index (χ4v) is 14.7. The molecule has 13 nitrogen and oxygen atoms in total. The molecule has 0 radical (unpaired) electrons. The second-order valence-corrected chi connectivity index (χ2v) is 30.5. The van der Waals surface area contributed by atoms with Crippen LogP contribution in [0.5, 0.6) is 0 Å². The van der Waals surface area contributed by atoms with Crippen LogP contribution in [0.2, 0.25) is 18.1 Å². The number of rotatable bonds is 8. The smallest absolute Gasteiger partial charge is 0.297 e. The first kappa shape index (κ1) is 52.0. The lowest BCUT2D eigenvalue weighted by Crippen LogP contribution is -2.61. The van der Waals surface area contributed by atoms with Crippen molar-refractivity contribution in [3.63, 3.8) is 0 Å². The van der Waals surface area contributed by atoms with E-state index in [1.807, 2.05) is 6.92 Å². The zero-order chi connectivity index (χ0) is 49.4. The Kier molecular flexibility index (Phi) is 15.2. The van der Waals surface area contributed by atoms with E-state index < -0.39 is 54.7 Å². The van der Waals surface area contributed by atoms with Crippen LogP contribution in [-0.4, -0.2) is 125 Å². The van der Waals surface area contributed by atoms with Gasteiger partial charge in [0.25, 0.3) is 10.1 Å². The predicted molar refractivity (Wildman–Crippen MR) is 262 cm³/mol. The Morgan fingerprint density at radius 1 is 0.826 bits per heavy atom. The molecule has 9 fully saturated rings. The SMILES string of the molecule is C=C1C[C@H](OS(=O)(=O)c2ccc(C)cc2)CC[C@@]23C[C@H]4O[C@H]5C(O2)[C@H]2O[C@H](CC[C@@H]2O[C@H]5[C@H]4O3)CC(=O)CC2C(C[C@H]3O[C@@H](CC[C@@H]1O)C[C@@H](C)C3=C)O[C@H](C[C@H](C)CO[Si](C)(C)C(C)(C)C)[C@@H]2C. The lowest BCUT2D eigenvalue weighted by molar-refractivity contribution is -0.292. The van der Waals surface area contributed by atoms with Crippen LogP contribution in [0.1, 0.15) is 131 Å². The molecule has 1 N–H and O–H groups in total. The van der Waals surface area contributed by atoms with Crippen molar-refractivity contribution in [2.45, 2.75) is 246 Å². The van der Waals surface area contributed by atoms with Crippen molar-refractivity contribution in [1.29, 1.82) is 0 Å². The lowest BCUT2D eigenvalue weighted by atomic mass is 9.78. The number of aliphatic hydroxyl groups excluding tert-OH is 1. The van der Waals surface area contributed by atoms with Crippen molar-refractivity contribution in [3.8, 4) is 0 Å². The molecule has 19 atom stereocenters. The Morgan fingerprint density at radius 3 is 2.26 bits per heavy atom. The van der Waals surface area contributed by atoms with Gasteiger partial charge in [-0.2, -0.15) is 8.42 Å². The summed E-state index contributed by atoms with van der Waals surface area (Å²) in [5, 5.41) is 11.8. The molecule has 9 aliphatic rings. The maximum Gasteiger partial charge on any atom is 0.297 e. The molecule has 10 rings (SSSR count). The van der Waals surface area contributed by atoms with Crippen LogP contribution >= 0.6 is 0 Å². The summed E-state index contributed by atoms with van der Waals surface area (Å²) in [5.41, 5.74) is 2.45. The monoisotopic (exact) mass is 999 g/mol. The van der Waals surface area contributed by atoms with Crippen LogP contribution < -0.4 is 0 Å². The molecule has 10 bridgehead atoms. The lowest BCUT2D eigenvalue weighted by Gasteiger charge is -2.47. The number of carbonyl (C=O) groups excluding carboxylic acids is 1. The summed E-state index contributed by atoms with van der Waals surface area (Å²) >= 11 is 0. The fraction of sp³-hybridized carbons (Fsp3) is 0.796. The van der Waals surface area contributed by atoms with E-state index in [2.05, 4.69) is 67.8 Å². The first-order chi connectivity index (χ1) is 32.5. The molecular weight excluding hydrogens is 917 g/mol. The molecule has 15 heteroatoms. The van der Waals surface area contributed by atoms with Gasteiger partial charge < -0.3 is 42.7 Å². The molecule has 9 saturated heterocycles. The van der Waals surface area contributed by atoms with Crippen molar-refractivity contribution >= 4 is 24.2 Å². The number of fused-ring (bicyclic) bond motifs is 4. The number of hydrogen-bond donors (Lipinski definition) is 1. The van der Waals surface area contributed by atoms with Gasteiger partial charge in [0.2, 0.25) is 0 Å². The molecule has 9 aliphatic heterocycles. The summed E-state index contributed by atoms with van der Waals surface area (Å²) in [6.45, 7) is 29.5. The van der Waals surface area contributed by atoms with Gasteiger partial charge in [-0.3, -0.25) is 8.98 Å². The van der Waals surface area contributed by atoms with Crippen LogP contribution in [0.25, 0.3) is 0 Å². The van der Waals surface area contributed by atoms with Gasteiger partial charge in [0.05, 0.1) is 59.8 Å². The summed E-state index contributed by atoms with van der Waals surface area (Å²) < 4.78 is 88.6. The van der Waals surface area contributed by atoms with Gasteiger partial charge in [0, 0.05) is 38.7 Å². The van der Waals surface area contributed by atoms with Crippen LogP contribution in [0.3, 0.4) is 0 Å². The van der Waals surface area contributed by atoms with E-state index in [-0.39, 0.29) is 114 Å². The van der Waals surface area contributed by atoms with E-state index in [4.69, 9.17) is 41.8 Å². The third kappa shape index (κ3) is 11.0. The van der Waals surface area contributed by atoms with Crippen LogP contribution in [0, 0.1) is 30.6 Å². The molecule has 386 valence electrons. The van der Waals surface area contributed by atoms with Gasteiger partial charge in [-0.1, -0.05) is 72.4 Å². The van der Waals surface area contributed by atoms with Crippen molar-refractivity contribution in [1.82, 2.24) is 0 Å². The van der Waals surface area contributed by atoms with Gasteiger partial charge >= 0.3 is 0 Å². The normalized spacial score (nSPS) is 42.7. The number of aliphatic hydroxyl groups is 1. The topological polar surface area (TPSA) is 155 Å². The number of ether oxygens (including phenoxy) is 7. The second-order valence-electron chi connectivity index (χ2n) is 24.1. The Labute approximate surface area is 413 Å². The van der Waals surface area contributed by atoms with Crippen molar-refractivity contribution in [2.75, 3.05) is 6.61 Å². The number of ketones is 1. The molecule has 0 amide bonds. The third-order valence-electron chi connectivity index (χ3n) is 17.8. The highest BCUT2D eigenvalue weighted by molar-refractivity contribution is 7.86. The van der Waals surface area contributed by atoms with Crippen LogP contribution in [-0.2, 0) is 56.7 Å². The van der Waals surface area contributed by atoms with Crippen molar-refractivity contribution in [3.05, 3.63) is 54.1 Å². The average Bonchev–Trinajstić information content (AvgIpc) is 3.82. The minimum Gasteiger partial charge on any atom is -0.417 e. The largest absolute Gasteiger partial charge is 0.417 e. The number of benzene rings is 1. The quantitative estimate of drug-likeness (QED) is 0.150. The Bertz CT molecular complexity index is 2140. The Morgan fingerprint density at radius 2 is 1.52 bits per heavy atom. The summed E-state index contributed by atoms with van der Waals surface area (Å²) in [7, 11) is -6.13. The predicted octanol–water partition coefficient (Wildman–Crippen LogP) is 9.07. The Balaban J connectivity index is 0.977. The molecule has 9 heterocycles. The van der Waals surface area contributed by atoms with E-state index >= 15 is 0 Å². The van der Waals surface area contributed by atoms with E-state index in [0.717, 1.165) is 30.4 Å². The number of carbonyl (C=O) groups is 1. The maximum absolute atomic E-state index is 14.5. The highest BCUT2D eigenvalue weighted by atomic mass is 32.2. The summed E-state index contributed by atoms with van der Waals surface area (Å²) in [6.07, 6.45) is 0.939. The maximum atomic E-state index is 14.5. The van der Waals surface area contributed by atoms with Crippen LogP contribution in [0.4, 0.5) is 0 Å². The van der Waals surface area contributed by atoms with Gasteiger partial charge in [-0.25, -0.2) is 0 Å². The minimum absolute atomic E-state index is 0.0206. The molecular formula is C54H82O13SSi. The molecule has 0 aromatic heterocycles. The number of aryl methyl sites for hydroxylation is 1. The standard InChI is InChI=1S/C54H82O13SSi/c1-30-12-16-40(17-13-30)68(57,58)67-39-20-21-54-28-47-49(65-54)50-51(64-47)52(66-54)48-43(63-50)19-15-38(61-48)25-36(55)26-41-35(6)44(22-31(2)29-59-69(10,11)53(7,8)9)62-46(41)27-45-34(5)32(3)23-37(60-45)14-18-42(56)33(4)24-39/h12-13,16-17,31-32,35,37-39,41-52,56H,4-5,14-15,18-29H2,1-3,6-11H3/t31-,32+,35+,37-,38+,39+,41?,42-,43-,44+,45+,46?,47+,48-,49-,50-,51+,52?,54-/m0/s1. The number of Topliss-reactive ketones (excluding diaryl/α,β-unsaturated/α-hetero) is 1. The molecule has 0 saturated carbocycles. The van der Waals surface area contributed by atoms with E-state index in [0.29, 0.717) is 57.1 Å². The van der Waals surface area contributed by atoms with Crippen molar-refractivity contribution < 1.29 is 60.1 Å². The highest BCUT2D eigenvalue weighted by Gasteiger charge is 2.69. The van der Waals surface area contributed by atoms with Crippen LogP contribution in [0.15, 0.2) is 53.5 Å². The molecule has 69 heavy (non-hydrogen) atoms. The first-order valence-electron chi connectivity index (χ1n) is 26.3. The Hall–Kier alpha value is -1.86.